The third kappa shape index (κ3) is 1.90. The Bertz CT molecular complexity index is 368. The molecule has 0 saturated heterocycles. The van der Waals surface area contributed by atoms with E-state index in [9.17, 15) is 0 Å². The third-order valence-corrected chi connectivity index (χ3v) is 2.00. The maximum atomic E-state index is 4.09. The second-order valence-electron chi connectivity index (χ2n) is 3.06. The molecule has 72 valence electrons. The van der Waals surface area contributed by atoms with Crippen molar-refractivity contribution in [2.24, 2.45) is 0 Å². The molecule has 14 heavy (non-hydrogen) atoms. The first-order valence-corrected chi connectivity index (χ1v) is 4.53. The molecule has 0 aliphatic heterocycles. The van der Waals surface area contributed by atoms with Gasteiger partial charge in [-0.3, -0.25) is 0 Å². The summed E-state index contributed by atoms with van der Waals surface area (Å²) in [6, 6.07) is 5.98. The Morgan fingerprint density at radius 3 is 2.71 bits per heavy atom. The van der Waals surface area contributed by atoms with Gasteiger partial charge in [0, 0.05) is 24.3 Å². The van der Waals surface area contributed by atoms with Crippen LogP contribution in [0.3, 0.4) is 0 Å². The van der Waals surface area contributed by atoms with Gasteiger partial charge in [-0.15, -0.1) is 0 Å². The summed E-state index contributed by atoms with van der Waals surface area (Å²) in [5, 5.41) is 3.19. The van der Waals surface area contributed by atoms with Crippen LogP contribution >= 0.6 is 0 Å². The second kappa shape index (κ2) is 3.91. The van der Waals surface area contributed by atoms with E-state index in [1.54, 1.807) is 18.5 Å². The number of hydrogen-bond acceptors (Lipinski definition) is 3. The monoisotopic (exact) mass is 188 g/mol. The molecule has 0 aliphatic carbocycles. The molecule has 4 nitrogen and oxygen atoms in total. The van der Waals surface area contributed by atoms with Crippen molar-refractivity contribution in [2.75, 3.05) is 5.32 Å². The SMILES string of the molecule is CC(Nc1ncccn1)c1ccc[nH]1. The first kappa shape index (κ1) is 8.74. The minimum atomic E-state index is 0.187. The standard InChI is InChI=1S/C10H12N4/c1-8(9-4-2-5-11-9)14-10-12-6-3-7-13-10/h2-8,11H,1H3,(H,12,13,14). The van der Waals surface area contributed by atoms with Crippen LogP contribution in [0.5, 0.6) is 0 Å². The fraction of sp³-hybridized carbons (Fsp3) is 0.200. The molecule has 2 aromatic heterocycles. The highest BCUT2D eigenvalue weighted by Crippen LogP contribution is 2.13. The van der Waals surface area contributed by atoms with Gasteiger partial charge in [-0.25, -0.2) is 9.97 Å². The van der Waals surface area contributed by atoms with E-state index < -0.39 is 0 Å². The van der Waals surface area contributed by atoms with Gasteiger partial charge in [0.1, 0.15) is 0 Å². The van der Waals surface area contributed by atoms with Crippen LogP contribution in [-0.4, -0.2) is 15.0 Å². The maximum Gasteiger partial charge on any atom is 0.223 e. The first-order chi connectivity index (χ1) is 6.86. The lowest BCUT2D eigenvalue weighted by Crippen LogP contribution is -2.09. The summed E-state index contributed by atoms with van der Waals surface area (Å²) < 4.78 is 0. The molecular weight excluding hydrogens is 176 g/mol. The molecule has 2 rings (SSSR count). The minimum Gasteiger partial charge on any atom is -0.363 e. The Morgan fingerprint density at radius 1 is 1.29 bits per heavy atom. The zero-order valence-electron chi connectivity index (χ0n) is 7.94. The van der Waals surface area contributed by atoms with Gasteiger partial charge in [0.05, 0.1) is 6.04 Å². The molecule has 0 bridgehead atoms. The van der Waals surface area contributed by atoms with Crippen molar-refractivity contribution in [1.82, 2.24) is 15.0 Å². The van der Waals surface area contributed by atoms with Crippen LogP contribution < -0.4 is 5.32 Å². The fourth-order valence-electron chi connectivity index (χ4n) is 1.26. The molecule has 0 aromatic carbocycles. The molecule has 0 fully saturated rings. The summed E-state index contributed by atoms with van der Waals surface area (Å²) in [6.07, 6.45) is 5.34. The van der Waals surface area contributed by atoms with Crippen molar-refractivity contribution in [2.45, 2.75) is 13.0 Å². The molecule has 0 spiro atoms. The van der Waals surface area contributed by atoms with Gasteiger partial charge in [0.25, 0.3) is 0 Å². The van der Waals surface area contributed by atoms with E-state index in [-0.39, 0.29) is 6.04 Å². The van der Waals surface area contributed by atoms with Crippen molar-refractivity contribution in [3.63, 3.8) is 0 Å². The van der Waals surface area contributed by atoms with E-state index in [0.717, 1.165) is 5.69 Å². The predicted molar refractivity (Wildman–Crippen MR) is 54.9 cm³/mol. The number of rotatable bonds is 3. The minimum absolute atomic E-state index is 0.187. The zero-order chi connectivity index (χ0) is 9.80. The summed E-state index contributed by atoms with van der Waals surface area (Å²) in [7, 11) is 0. The summed E-state index contributed by atoms with van der Waals surface area (Å²) in [6.45, 7) is 2.06. The Balaban J connectivity index is 2.06. The Hall–Kier alpha value is -1.84. The molecule has 0 radical (unpaired) electrons. The summed E-state index contributed by atoms with van der Waals surface area (Å²) in [5.41, 5.74) is 1.12. The molecule has 0 amide bonds. The van der Waals surface area contributed by atoms with E-state index in [2.05, 4.69) is 27.2 Å². The Labute approximate surface area is 82.4 Å². The predicted octanol–water partition coefficient (Wildman–Crippen LogP) is 1.98. The maximum absolute atomic E-state index is 4.09. The van der Waals surface area contributed by atoms with E-state index in [0.29, 0.717) is 5.95 Å². The Kier molecular flexibility index (Phi) is 2.44. The quantitative estimate of drug-likeness (QED) is 0.774. The lowest BCUT2D eigenvalue weighted by Gasteiger charge is -2.11. The van der Waals surface area contributed by atoms with Gasteiger partial charge in [0.15, 0.2) is 0 Å². The highest BCUT2D eigenvalue weighted by atomic mass is 15.1. The number of H-pyrrole nitrogens is 1. The first-order valence-electron chi connectivity index (χ1n) is 4.53. The van der Waals surface area contributed by atoms with Gasteiger partial charge < -0.3 is 10.3 Å². The van der Waals surface area contributed by atoms with Crippen LogP contribution in [0.15, 0.2) is 36.8 Å². The lowest BCUT2D eigenvalue weighted by molar-refractivity contribution is 0.830. The lowest BCUT2D eigenvalue weighted by atomic mass is 10.2. The third-order valence-electron chi connectivity index (χ3n) is 2.00. The zero-order valence-corrected chi connectivity index (χ0v) is 7.94. The van der Waals surface area contributed by atoms with Crippen molar-refractivity contribution in [3.8, 4) is 0 Å². The molecular formula is C10H12N4. The number of hydrogen-bond donors (Lipinski definition) is 2. The normalized spacial score (nSPS) is 12.4. The number of aromatic amines is 1. The number of nitrogens with one attached hydrogen (secondary N) is 2. The molecule has 2 heterocycles. The van der Waals surface area contributed by atoms with Gasteiger partial charge in [-0.05, 0) is 25.1 Å². The van der Waals surface area contributed by atoms with Crippen molar-refractivity contribution in [1.29, 1.82) is 0 Å². The van der Waals surface area contributed by atoms with E-state index in [1.807, 2.05) is 18.3 Å². The van der Waals surface area contributed by atoms with Crippen molar-refractivity contribution >= 4 is 5.95 Å². The number of anilines is 1. The summed E-state index contributed by atoms with van der Waals surface area (Å²) in [5.74, 6) is 0.648. The van der Waals surface area contributed by atoms with Crippen LogP contribution in [0, 0.1) is 0 Å². The van der Waals surface area contributed by atoms with Crippen LogP contribution in [0.2, 0.25) is 0 Å². The summed E-state index contributed by atoms with van der Waals surface area (Å²) in [4.78, 5) is 11.3. The smallest absolute Gasteiger partial charge is 0.223 e. The topological polar surface area (TPSA) is 53.6 Å². The number of aromatic nitrogens is 3. The van der Waals surface area contributed by atoms with Gasteiger partial charge in [0.2, 0.25) is 5.95 Å². The number of nitrogens with zero attached hydrogens (tertiary/aromatic N) is 2. The molecule has 2 N–H and O–H groups in total. The second-order valence-corrected chi connectivity index (χ2v) is 3.06. The molecule has 1 atom stereocenters. The molecule has 0 aliphatic rings. The average Bonchev–Trinajstić information content (AvgIpc) is 2.72. The van der Waals surface area contributed by atoms with Gasteiger partial charge >= 0.3 is 0 Å². The molecule has 4 heteroatoms. The molecule has 1 unspecified atom stereocenters. The van der Waals surface area contributed by atoms with E-state index in [1.165, 1.54) is 0 Å². The van der Waals surface area contributed by atoms with Crippen LogP contribution in [0.4, 0.5) is 5.95 Å². The van der Waals surface area contributed by atoms with Crippen molar-refractivity contribution < 1.29 is 0 Å². The molecule has 2 aromatic rings. The highest BCUT2D eigenvalue weighted by molar-refractivity contribution is 5.27. The van der Waals surface area contributed by atoms with E-state index >= 15 is 0 Å². The Morgan fingerprint density at radius 2 is 2.07 bits per heavy atom. The average molecular weight is 188 g/mol. The van der Waals surface area contributed by atoms with Crippen LogP contribution in [0.1, 0.15) is 18.7 Å². The molecule has 0 saturated carbocycles. The summed E-state index contributed by atoms with van der Waals surface area (Å²) >= 11 is 0. The van der Waals surface area contributed by atoms with Crippen molar-refractivity contribution in [3.05, 3.63) is 42.5 Å². The van der Waals surface area contributed by atoms with Crippen LogP contribution in [0.25, 0.3) is 0 Å². The largest absolute Gasteiger partial charge is 0.363 e. The van der Waals surface area contributed by atoms with E-state index in [4.69, 9.17) is 0 Å². The van der Waals surface area contributed by atoms with Gasteiger partial charge in [-0.1, -0.05) is 0 Å². The van der Waals surface area contributed by atoms with Crippen LogP contribution in [-0.2, 0) is 0 Å². The highest BCUT2D eigenvalue weighted by Gasteiger charge is 2.05. The fourth-order valence-corrected chi connectivity index (χ4v) is 1.26. The van der Waals surface area contributed by atoms with Gasteiger partial charge in [-0.2, -0.15) is 0 Å².